The first-order valence-corrected chi connectivity index (χ1v) is 16.5. The van der Waals surface area contributed by atoms with Gasteiger partial charge in [0.1, 0.15) is 11.9 Å². The van der Waals surface area contributed by atoms with Gasteiger partial charge in [0.05, 0.1) is 0 Å². The molecular formula is C28H40BIN4O2P2. The van der Waals surface area contributed by atoms with Gasteiger partial charge in [0.2, 0.25) is 0 Å². The Morgan fingerprint density at radius 3 is 2.95 bits per heavy atom. The Morgan fingerprint density at radius 2 is 2.16 bits per heavy atom. The monoisotopic (exact) mass is 664 g/mol. The van der Waals surface area contributed by atoms with Crippen LogP contribution in [0, 0.1) is 5.92 Å². The van der Waals surface area contributed by atoms with E-state index in [1.165, 1.54) is 17.7 Å². The number of aryl methyl sites for hydroxylation is 2. The molecule has 0 aromatic carbocycles. The molecule has 3 aliphatic rings. The summed E-state index contributed by atoms with van der Waals surface area (Å²) in [5.74, 6) is 1.98. The molecule has 4 heterocycles. The van der Waals surface area contributed by atoms with Gasteiger partial charge in [0.25, 0.3) is 0 Å². The van der Waals surface area contributed by atoms with Gasteiger partial charge in [0, 0.05) is 42.2 Å². The van der Waals surface area contributed by atoms with Crippen molar-refractivity contribution in [3.05, 3.63) is 53.0 Å². The lowest BCUT2D eigenvalue weighted by Gasteiger charge is -2.30. The van der Waals surface area contributed by atoms with Crippen LogP contribution in [-0.4, -0.2) is 50.1 Å². The molecule has 3 unspecified atom stereocenters. The Hall–Kier alpha value is -0.815. The lowest BCUT2D eigenvalue weighted by molar-refractivity contribution is -0.140. The van der Waals surface area contributed by atoms with Crippen LogP contribution in [0.1, 0.15) is 79.4 Å². The Kier molecular flexibility index (Phi) is 9.66. The number of hydrogen-bond donors (Lipinski definition) is 1. The van der Waals surface area contributed by atoms with Crippen molar-refractivity contribution in [2.24, 2.45) is 5.92 Å². The maximum absolute atomic E-state index is 13.4. The minimum Gasteiger partial charge on any atom is -0.524 e. The van der Waals surface area contributed by atoms with E-state index in [4.69, 9.17) is 14.6 Å². The van der Waals surface area contributed by atoms with Crippen molar-refractivity contribution in [1.82, 2.24) is 14.9 Å². The first-order valence-electron chi connectivity index (χ1n) is 14.1. The molecule has 1 saturated carbocycles. The van der Waals surface area contributed by atoms with Crippen LogP contribution in [0.5, 0.6) is 0 Å². The number of carbonyl (C=O) groups is 1. The van der Waals surface area contributed by atoms with Crippen molar-refractivity contribution in [2.45, 2.75) is 81.5 Å². The molecule has 2 aliphatic heterocycles. The zero-order chi connectivity index (χ0) is 26.7. The number of nitrogens with one attached hydrogen (secondary N) is 1. The highest BCUT2D eigenvalue weighted by atomic mass is 127. The zero-order valence-electron chi connectivity index (χ0n) is 22.4. The number of nitrogens with zero attached hydrogens (tertiary/aromatic N) is 3. The maximum Gasteiger partial charge on any atom is 0.428 e. The number of pyridine rings is 2. The molecule has 4 atom stereocenters. The molecule has 6 nitrogen and oxygen atoms in total. The van der Waals surface area contributed by atoms with E-state index in [0.29, 0.717) is 11.8 Å². The summed E-state index contributed by atoms with van der Waals surface area (Å²) in [4.78, 5) is 25.4. The molecule has 2 aromatic rings. The van der Waals surface area contributed by atoms with Crippen LogP contribution in [0.2, 0.25) is 6.82 Å². The van der Waals surface area contributed by atoms with Gasteiger partial charge in [-0.1, -0.05) is 34.5 Å². The highest BCUT2D eigenvalue weighted by Gasteiger charge is 2.40. The normalized spacial score (nSPS) is 20.5. The fraction of sp³-hybridized carbons (Fsp3) is 0.607. The minimum atomic E-state index is -0.367. The van der Waals surface area contributed by atoms with E-state index in [2.05, 4.69) is 69.3 Å². The summed E-state index contributed by atoms with van der Waals surface area (Å²) in [6.07, 6.45) is 11.9. The van der Waals surface area contributed by atoms with Gasteiger partial charge in [0.15, 0.2) is 0 Å². The fourth-order valence-corrected chi connectivity index (χ4v) is 7.39. The van der Waals surface area contributed by atoms with E-state index in [9.17, 15) is 4.79 Å². The van der Waals surface area contributed by atoms with Crippen LogP contribution in [0.3, 0.4) is 0 Å². The summed E-state index contributed by atoms with van der Waals surface area (Å²) >= 11 is 2.17. The SMILES string of the molecule is CB(I)OC(=O)C(c1cccnc1C1CC1)N1CC[C@@H](CC(P)(P)CCCc2ccc3c(n2)NCCC3)C1. The summed E-state index contributed by atoms with van der Waals surface area (Å²) in [6.45, 7) is 4.77. The predicted molar refractivity (Wildman–Crippen MR) is 171 cm³/mol. The van der Waals surface area contributed by atoms with Gasteiger partial charge >= 0.3 is 10.7 Å². The van der Waals surface area contributed by atoms with E-state index in [0.717, 1.165) is 88.1 Å². The van der Waals surface area contributed by atoms with Gasteiger partial charge in [-0.25, -0.2) is 4.98 Å². The number of hydrogen-bond acceptors (Lipinski definition) is 6. The summed E-state index contributed by atoms with van der Waals surface area (Å²) in [7, 11) is 6.23. The Balaban J connectivity index is 1.19. The number of halogens is 1. The Bertz CT molecular complexity index is 1130. The quantitative estimate of drug-likeness (QED) is 0.180. The van der Waals surface area contributed by atoms with Gasteiger partial charge in [-0.15, -0.1) is 18.5 Å². The van der Waals surface area contributed by atoms with Gasteiger partial charge in [-0.05, 0) is 99.7 Å². The number of aromatic nitrogens is 2. The largest absolute Gasteiger partial charge is 0.524 e. The van der Waals surface area contributed by atoms with Gasteiger partial charge < -0.3 is 9.97 Å². The topological polar surface area (TPSA) is 67.3 Å². The average molecular weight is 664 g/mol. The second-order valence-electron chi connectivity index (χ2n) is 11.4. The summed E-state index contributed by atoms with van der Waals surface area (Å²) < 4.78 is 5.60. The maximum atomic E-state index is 13.4. The molecule has 2 fully saturated rings. The van der Waals surface area contributed by atoms with Crippen molar-refractivity contribution in [1.29, 1.82) is 0 Å². The van der Waals surface area contributed by atoms with Crippen LogP contribution in [0.4, 0.5) is 5.82 Å². The third-order valence-electron chi connectivity index (χ3n) is 8.01. The van der Waals surface area contributed by atoms with Crippen molar-refractivity contribution >= 4 is 57.4 Å². The van der Waals surface area contributed by atoms with Crippen LogP contribution in [-0.2, 0) is 22.3 Å². The molecule has 38 heavy (non-hydrogen) atoms. The smallest absolute Gasteiger partial charge is 0.428 e. The summed E-state index contributed by atoms with van der Waals surface area (Å²) in [6, 6.07) is 8.15. The van der Waals surface area contributed by atoms with Crippen LogP contribution >= 0.6 is 40.9 Å². The molecule has 204 valence electrons. The van der Waals surface area contributed by atoms with E-state index in [-0.39, 0.29) is 21.7 Å². The van der Waals surface area contributed by atoms with Crippen LogP contribution < -0.4 is 5.32 Å². The highest BCUT2D eigenvalue weighted by molar-refractivity contribution is 14.1. The molecule has 0 radical (unpaired) electrons. The number of fused-ring (bicyclic) bond motifs is 1. The molecule has 1 saturated heterocycles. The number of carbonyl (C=O) groups excluding carboxylic acids is 1. The van der Waals surface area contributed by atoms with Crippen molar-refractivity contribution in [3.63, 3.8) is 0 Å². The fourth-order valence-electron chi connectivity index (χ4n) is 6.07. The number of likely N-dealkylation sites (tertiary alicyclic amines) is 1. The molecule has 0 spiro atoms. The minimum absolute atomic E-state index is 0.0906. The predicted octanol–water partition coefficient (Wildman–Crippen LogP) is 6.03. The van der Waals surface area contributed by atoms with Gasteiger partial charge in [-0.2, -0.15) is 0 Å². The lowest BCUT2D eigenvalue weighted by Crippen LogP contribution is -2.36. The molecule has 1 aliphatic carbocycles. The first kappa shape index (κ1) is 28.7. The second kappa shape index (κ2) is 12.8. The van der Waals surface area contributed by atoms with E-state index in [1.54, 1.807) is 0 Å². The third-order valence-corrected chi connectivity index (χ3v) is 9.31. The molecule has 1 N–H and O–H groups in total. The van der Waals surface area contributed by atoms with E-state index in [1.807, 2.05) is 19.1 Å². The molecule has 5 rings (SSSR count). The standard InChI is InChI=1S/C28H40BIN4O2P2/c1-29(30)36-27(35)25(23-7-4-14-31-24(23)20-8-9-20)34-16-12-19(18-34)17-28(37,38)13-2-6-22-11-10-21-5-3-15-32-26(21)33-22/h4,7,10-11,14,19-20,25H,2-3,5-6,8-9,12-13,15-18,37-38H2,1H3,(H,32,33)/t19-,25?/m0/s1. The number of anilines is 1. The van der Waals surface area contributed by atoms with Crippen molar-refractivity contribution in [3.8, 4) is 0 Å². The summed E-state index contributed by atoms with van der Waals surface area (Å²) in [5.41, 5.74) is 4.68. The average Bonchev–Trinajstić information content (AvgIpc) is 3.63. The Morgan fingerprint density at radius 1 is 1.32 bits per heavy atom. The van der Waals surface area contributed by atoms with E-state index >= 15 is 0 Å². The molecule has 0 amide bonds. The van der Waals surface area contributed by atoms with E-state index < -0.39 is 0 Å². The highest BCUT2D eigenvalue weighted by Crippen LogP contribution is 2.45. The molecule has 0 bridgehead atoms. The molecular weight excluding hydrogens is 624 g/mol. The van der Waals surface area contributed by atoms with Gasteiger partial charge in [-0.3, -0.25) is 14.7 Å². The lowest BCUT2D eigenvalue weighted by atomic mass is 9.97. The van der Waals surface area contributed by atoms with Crippen molar-refractivity contribution in [2.75, 3.05) is 25.0 Å². The molecule has 2 aromatic heterocycles. The summed E-state index contributed by atoms with van der Waals surface area (Å²) in [5, 5.41) is 3.45. The second-order valence-corrected chi connectivity index (χ2v) is 16.1. The first-order chi connectivity index (χ1) is 18.3. The van der Waals surface area contributed by atoms with Crippen molar-refractivity contribution < 1.29 is 9.45 Å². The zero-order valence-corrected chi connectivity index (χ0v) is 26.8. The Labute approximate surface area is 246 Å². The van der Waals surface area contributed by atoms with Crippen LogP contribution in [0.15, 0.2) is 30.5 Å². The number of rotatable bonds is 11. The van der Waals surface area contributed by atoms with Crippen LogP contribution in [0.25, 0.3) is 0 Å². The molecule has 10 heteroatoms. The third kappa shape index (κ3) is 7.47.